The van der Waals surface area contributed by atoms with Gasteiger partial charge in [0.2, 0.25) is 0 Å². The van der Waals surface area contributed by atoms with Crippen molar-refractivity contribution in [3.05, 3.63) is 34.9 Å². The summed E-state index contributed by atoms with van der Waals surface area (Å²) in [5.41, 5.74) is 3.42. The summed E-state index contributed by atoms with van der Waals surface area (Å²) >= 11 is 0. The van der Waals surface area contributed by atoms with Gasteiger partial charge in [0.15, 0.2) is 0 Å². The number of unbranched alkanes of at least 4 members (excludes halogenated alkanes) is 2. The van der Waals surface area contributed by atoms with Crippen molar-refractivity contribution >= 4 is 5.97 Å². The standard InChI is InChI=1S/C25H37NO3/c1-7-8-9-10-18-14-21(28-23(27)16-26(5)6)24-19-13-17(2)11-12-20(19)25(3,4)29-22(24)15-18/h13-15,19-20H,7-12,16H2,1-6H3/t19-,20-/m1/s1. The van der Waals surface area contributed by atoms with Gasteiger partial charge in [-0.1, -0.05) is 31.4 Å². The van der Waals surface area contributed by atoms with Gasteiger partial charge in [-0.05, 0) is 78.2 Å². The van der Waals surface area contributed by atoms with E-state index >= 15 is 0 Å². The minimum atomic E-state index is -0.234. The van der Waals surface area contributed by atoms with Crippen LogP contribution in [-0.2, 0) is 11.2 Å². The average molecular weight is 400 g/mol. The van der Waals surface area contributed by atoms with Crippen molar-refractivity contribution in [3.8, 4) is 11.5 Å². The zero-order valence-corrected chi connectivity index (χ0v) is 19.0. The van der Waals surface area contributed by atoms with Crippen molar-refractivity contribution in [3.63, 3.8) is 0 Å². The lowest BCUT2D eigenvalue weighted by atomic mass is 9.68. The molecule has 0 aromatic heterocycles. The predicted molar refractivity (Wildman–Crippen MR) is 118 cm³/mol. The van der Waals surface area contributed by atoms with Crippen LogP contribution < -0.4 is 9.47 Å². The topological polar surface area (TPSA) is 38.8 Å². The molecule has 3 rings (SSSR count). The molecule has 1 aromatic carbocycles. The number of esters is 1. The van der Waals surface area contributed by atoms with Gasteiger partial charge >= 0.3 is 5.97 Å². The number of allylic oxidation sites excluding steroid dienone is 2. The van der Waals surface area contributed by atoms with Crippen LogP contribution in [0.2, 0.25) is 0 Å². The Labute approximate surface area is 176 Å². The monoisotopic (exact) mass is 399 g/mol. The SMILES string of the molecule is CCCCCc1cc(OC(=O)CN(C)C)c2c(c1)OC(C)(C)[C@@H]1CCC(C)=C[C@@H]21. The van der Waals surface area contributed by atoms with Crippen LogP contribution in [0.4, 0.5) is 0 Å². The Balaban J connectivity index is 2.04. The molecule has 1 aliphatic carbocycles. The van der Waals surface area contributed by atoms with Gasteiger partial charge in [0.25, 0.3) is 0 Å². The predicted octanol–water partition coefficient (Wildman–Crippen LogP) is 5.50. The maximum atomic E-state index is 12.5. The third kappa shape index (κ3) is 5.03. The fourth-order valence-electron chi connectivity index (χ4n) is 4.78. The second kappa shape index (κ2) is 8.91. The number of ether oxygens (including phenoxy) is 2. The highest BCUT2D eigenvalue weighted by atomic mass is 16.5. The zero-order chi connectivity index (χ0) is 21.2. The van der Waals surface area contributed by atoms with Crippen molar-refractivity contribution in [2.75, 3.05) is 20.6 Å². The number of nitrogens with zero attached hydrogens (tertiary/aromatic N) is 1. The summed E-state index contributed by atoms with van der Waals surface area (Å²) < 4.78 is 12.5. The summed E-state index contributed by atoms with van der Waals surface area (Å²) in [6.45, 7) is 9.08. The molecule has 1 heterocycles. The fourth-order valence-corrected chi connectivity index (χ4v) is 4.78. The van der Waals surface area contributed by atoms with Crippen molar-refractivity contribution in [1.82, 2.24) is 4.90 Å². The first-order valence-electron chi connectivity index (χ1n) is 11.1. The van der Waals surface area contributed by atoms with E-state index < -0.39 is 0 Å². The van der Waals surface area contributed by atoms with E-state index in [2.05, 4.69) is 45.9 Å². The van der Waals surface area contributed by atoms with E-state index in [1.54, 1.807) is 0 Å². The molecule has 4 nitrogen and oxygen atoms in total. The summed E-state index contributed by atoms with van der Waals surface area (Å²) in [5, 5.41) is 0. The number of fused-ring (bicyclic) bond motifs is 3. The van der Waals surface area contributed by atoms with Gasteiger partial charge in [-0.3, -0.25) is 9.69 Å². The lowest BCUT2D eigenvalue weighted by molar-refractivity contribution is -0.135. The molecule has 0 spiro atoms. The Hall–Kier alpha value is -1.81. The summed E-state index contributed by atoms with van der Waals surface area (Å²) in [6, 6.07) is 4.27. The van der Waals surface area contributed by atoms with E-state index in [1.807, 2.05) is 19.0 Å². The number of likely N-dealkylation sites (N-methyl/N-ethyl adjacent to an activating group) is 1. The molecule has 160 valence electrons. The normalized spacial score (nSPS) is 22.4. The first kappa shape index (κ1) is 21.9. The summed E-state index contributed by atoms with van der Waals surface area (Å²) in [7, 11) is 3.76. The van der Waals surface area contributed by atoms with Crippen LogP contribution in [0.15, 0.2) is 23.8 Å². The van der Waals surface area contributed by atoms with Gasteiger partial charge in [-0.15, -0.1) is 0 Å². The zero-order valence-electron chi connectivity index (χ0n) is 19.0. The molecule has 0 N–H and O–H groups in total. The van der Waals surface area contributed by atoms with Crippen LogP contribution >= 0.6 is 0 Å². The van der Waals surface area contributed by atoms with Crippen LogP contribution in [0.25, 0.3) is 0 Å². The molecule has 0 amide bonds. The minimum absolute atomic E-state index is 0.221. The highest BCUT2D eigenvalue weighted by Crippen LogP contribution is 2.53. The van der Waals surface area contributed by atoms with Gasteiger partial charge in [0, 0.05) is 17.4 Å². The van der Waals surface area contributed by atoms with Gasteiger partial charge in [-0.25, -0.2) is 0 Å². The summed E-state index contributed by atoms with van der Waals surface area (Å²) in [4.78, 5) is 14.4. The molecule has 0 radical (unpaired) electrons. The van der Waals surface area contributed by atoms with E-state index in [1.165, 1.54) is 24.0 Å². The summed E-state index contributed by atoms with van der Waals surface area (Å²) in [5.74, 6) is 1.98. The Morgan fingerprint density at radius 3 is 2.72 bits per heavy atom. The highest BCUT2D eigenvalue weighted by molar-refractivity contribution is 5.75. The molecular formula is C25H37NO3. The smallest absolute Gasteiger partial charge is 0.325 e. The number of rotatable bonds is 7. The molecule has 0 bridgehead atoms. The molecule has 29 heavy (non-hydrogen) atoms. The quantitative estimate of drug-likeness (QED) is 0.263. The van der Waals surface area contributed by atoms with Crippen LogP contribution in [0.5, 0.6) is 11.5 Å². The molecule has 1 aromatic rings. The number of hydrogen-bond acceptors (Lipinski definition) is 4. The van der Waals surface area contributed by atoms with Crippen molar-refractivity contribution < 1.29 is 14.3 Å². The van der Waals surface area contributed by atoms with Gasteiger partial charge < -0.3 is 9.47 Å². The Morgan fingerprint density at radius 2 is 2.03 bits per heavy atom. The second-order valence-electron chi connectivity index (χ2n) is 9.56. The largest absolute Gasteiger partial charge is 0.487 e. The maximum Gasteiger partial charge on any atom is 0.325 e. The van der Waals surface area contributed by atoms with Gasteiger partial charge in [0.05, 0.1) is 6.54 Å². The van der Waals surface area contributed by atoms with E-state index in [0.29, 0.717) is 11.7 Å². The Bertz CT molecular complexity index is 779. The Kier molecular flexibility index (Phi) is 6.72. The van der Waals surface area contributed by atoms with Crippen molar-refractivity contribution in [2.24, 2.45) is 5.92 Å². The fraction of sp³-hybridized carbons (Fsp3) is 0.640. The molecule has 2 atom stereocenters. The minimum Gasteiger partial charge on any atom is -0.487 e. The number of benzene rings is 1. The Morgan fingerprint density at radius 1 is 1.28 bits per heavy atom. The molecule has 0 saturated heterocycles. The van der Waals surface area contributed by atoms with E-state index in [0.717, 1.165) is 37.0 Å². The molecule has 4 heteroatoms. The lowest BCUT2D eigenvalue weighted by Crippen LogP contribution is -2.45. The molecule has 0 saturated carbocycles. The number of aryl methyl sites for hydroxylation is 1. The molecule has 0 fully saturated rings. The highest BCUT2D eigenvalue weighted by Gasteiger charge is 2.45. The van der Waals surface area contributed by atoms with E-state index in [9.17, 15) is 4.79 Å². The van der Waals surface area contributed by atoms with E-state index in [4.69, 9.17) is 9.47 Å². The third-order valence-corrected chi connectivity index (χ3v) is 6.25. The van der Waals surface area contributed by atoms with Crippen LogP contribution in [-0.4, -0.2) is 37.1 Å². The first-order chi connectivity index (χ1) is 13.7. The number of hydrogen-bond donors (Lipinski definition) is 0. The van der Waals surface area contributed by atoms with Crippen LogP contribution in [0, 0.1) is 5.92 Å². The van der Waals surface area contributed by atoms with E-state index in [-0.39, 0.29) is 24.0 Å². The van der Waals surface area contributed by atoms with Crippen LogP contribution in [0.3, 0.4) is 0 Å². The van der Waals surface area contributed by atoms with Gasteiger partial charge in [0.1, 0.15) is 17.1 Å². The van der Waals surface area contributed by atoms with Crippen LogP contribution in [0.1, 0.15) is 76.8 Å². The first-order valence-corrected chi connectivity index (χ1v) is 11.1. The third-order valence-electron chi connectivity index (χ3n) is 6.25. The average Bonchev–Trinajstić information content (AvgIpc) is 2.60. The number of carbonyl (C=O) groups excluding carboxylic acids is 1. The molecular weight excluding hydrogens is 362 g/mol. The second-order valence-corrected chi connectivity index (χ2v) is 9.56. The van der Waals surface area contributed by atoms with Crippen molar-refractivity contribution in [1.29, 1.82) is 0 Å². The molecule has 1 aliphatic heterocycles. The molecule has 2 aliphatic rings. The summed E-state index contributed by atoms with van der Waals surface area (Å²) in [6.07, 6.45) is 9.08. The number of carbonyl (C=O) groups is 1. The van der Waals surface area contributed by atoms with Gasteiger partial charge in [-0.2, -0.15) is 0 Å². The van der Waals surface area contributed by atoms with Crippen molar-refractivity contribution in [2.45, 2.75) is 77.7 Å². The molecule has 0 unspecified atom stereocenters. The lowest BCUT2D eigenvalue weighted by Gasteiger charge is -2.46. The maximum absolute atomic E-state index is 12.5.